The molecule has 2 rings (SSSR count). The molecule has 0 saturated heterocycles. The van der Waals surface area contributed by atoms with Crippen LogP contribution in [0.1, 0.15) is 11.4 Å². The SMILES string of the molecule is Cc1nonc1CNC1C=CS(=O)(=O)C1. The lowest BCUT2D eigenvalue weighted by atomic mass is 10.3. The summed E-state index contributed by atoms with van der Waals surface area (Å²) in [5.74, 6) is 0.108. The van der Waals surface area contributed by atoms with Crippen molar-refractivity contribution in [3.8, 4) is 0 Å². The van der Waals surface area contributed by atoms with Gasteiger partial charge in [0.25, 0.3) is 0 Å². The number of nitrogens with zero attached hydrogens (tertiary/aromatic N) is 2. The van der Waals surface area contributed by atoms with Crippen LogP contribution in [0.4, 0.5) is 0 Å². The normalized spacial score (nSPS) is 23.4. The van der Waals surface area contributed by atoms with Crippen LogP contribution >= 0.6 is 0 Å². The number of hydrogen-bond acceptors (Lipinski definition) is 6. The zero-order valence-electron chi connectivity index (χ0n) is 8.17. The van der Waals surface area contributed by atoms with Crippen molar-refractivity contribution in [2.45, 2.75) is 19.5 Å². The van der Waals surface area contributed by atoms with Gasteiger partial charge in [0.1, 0.15) is 11.4 Å². The highest BCUT2D eigenvalue weighted by Crippen LogP contribution is 2.09. The molecule has 6 nitrogen and oxygen atoms in total. The number of aromatic nitrogens is 2. The smallest absolute Gasteiger partial charge is 0.173 e. The Morgan fingerprint density at radius 3 is 2.93 bits per heavy atom. The molecule has 0 bridgehead atoms. The average Bonchev–Trinajstić information content (AvgIpc) is 2.69. The minimum absolute atomic E-state index is 0.108. The molecule has 0 aliphatic carbocycles. The quantitative estimate of drug-likeness (QED) is 0.771. The van der Waals surface area contributed by atoms with Crippen molar-refractivity contribution < 1.29 is 13.0 Å². The van der Waals surface area contributed by atoms with E-state index in [4.69, 9.17) is 0 Å². The Bertz CT molecular complexity index is 477. The summed E-state index contributed by atoms with van der Waals surface area (Å²) in [4.78, 5) is 0. The van der Waals surface area contributed by atoms with Gasteiger partial charge in [-0.05, 0) is 6.92 Å². The van der Waals surface area contributed by atoms with Gasteiger partial charge >= 0.3 is 0 Å². The molecule has 1 atom stereocenters. The Hall–Kier alpha value is -1.21. The first-order valence-corrected chi connectivity index (χ1v) is 6.21. The standard InChI is InChI=1S/C8H11N3O3S/c1-6-8(11-14-10-6)4-9-7-2-3-15(12,13)5-7/h2-3,7,9H,4-5H2,1H3. The Morgan fingerprint density at radius 2 is 2.40 bits per heavy atom. The van der Waals surface area contributed by atoms with E-state index in [-0.39, 0.29) is 11.8 Å². The highest BCUT2D eigenvalue weighted by molar-refractivity contribution is 7.94. The van der Waals surface area contributed by atoms with Crippen LogP contribution in [-0.2, 0) is 16.4 Å². The van der Waals surface area contributed by atoms with E-state index < -0.39 is 9.84 Å². The second-order valence-electron chi connectivity index (χ2n) is 3.44. The van der Waals surface area contributed by atoms with Crippen molar-refractivity contribution >= 4 is 9.84 Å². The van der Waals surface area contributed by atoms with Crippen LogP contribution in [0.3, 0.4) is 0 Å². The van der Waals surface area contributed by atoms with E-state index in [0.717, 1.165) is 0 Å². The van der Waals surface area contributed by atoms with Gasteiger partial charge in [0.15, 0.2) is 9.84 Å². The molecular formula is C8H11N3O3S. The molecule has 1 N–H and O–H groups in total. The van der Waals surface area contributed by atoms with Crippen molar-refractivity contribution in [3.63, 3.8) is 0 Å². The topological polar surface area (TPSA) is 85.1 Å². The van der Waals surface area contributed by atoms with Crippen LogP contribution in [0.15, 0.2) is 16.1 Å². The minimum Gasteiger partial charge on any atom is -0.304 e. The lowest BCUT2D eigenvalue weighted by molar-refractivity contribution is 0.300. The first-order chi connectivity index (χ1) is 7.07. The van der Waals surface area contributed by atoms with E-state index in [0.29, 0.717) is 17.9 Å². The number of nitrogens with one attached hydrogen (secondary N) is 1. The zero-order chi connectivity index (χ0) is 10.9. The molecule has 1 aliphatic heterocycles. The van der Waals surface area contributed by atoms with Crippen LogP contribution in [0.25, 0.3) is 0 Å². The maximum atomic E-state index is 11.1. The van der Waals surface area contributed by atoms with Gasteiger partial charge in [-0.1, -0.05) is 16.4 Å². The van der Waals surface area contributed by atoms with Crippen molar-refractivity contribution in [1.29, 1.82) is 0 Å². The number of hydrogen-bond donors (Lipinski definition) is 1. The van der Waals surface area contributed by atoms with E-state index in [9.17, 15) is 8.42 Å². The maximum Gasteiger partial charge on any atom is 0.173 e. The molecule has 0 aromatic carbocycles. The largest absolute Gasteiger partial charge is 0.304 e. The first-order valence-electron chi connectivity index (χ1n) is 4.49. The molecular weight excluding hydrogens is 218 g/mol. The number of sulfone groups is 1. The lowest BCUT2D eigenvalue weighted by Crippen LogP contribution is -2.29. The highest BCUT2D eigenvalue weighted by atomic mass is 32.2. The summed E-state index contributed by atoms with van der Waals surface area (Å²) < 4.78 is 26.7. The Labute approximate surface area is 87.2 Å². The number of rotatable bonds is 3. The summed E-state index contributed by atoms with van der Waals surface area (Å²) in [7, 11) is -3.00. The highest BCUT2D eigenvalue weighted by Gasteiger charge is 2.21. The van der Waals surface area contributed by atoms with Crippen molar-refractivity contribution in [2.75, 3.05) is 5.75 Å². The Kier molecular flexibility index (Phi) is 2.57. The van der Waals surface area contributed by atoms with Crippen molar-refractivity contribution in [2.24, 2.45) is 0 Å². The summed E-state index contributed by atoms with van der Waals surface area (Å²) in [6.45, 7) is 2.24. The molecule has 0 radical (unpaired) electrons. The van der Waals surface area contributed by atoms with E-state index >= 15 is 0 Å². The molecule has 0 spiro atoms. The molecule has 1 aromatic heterocycles. The monoisotopic (exact) mass is 229 g/mol. The Balaban J connectivity index is 1.91. The van der Waals surface area contributed by atoms with Gasteiger partial charge in [-0.25, -0.2) is 13.0 Å². The van der Waals surface area contributed by atoms with E-state index in [2.05, 4.69) is 20.3 Å². The third kappa shape index (κ3) is 2.42. The number of aryl methyl sites for hydroxylation is 1. The van der Waals surface area contributed by atoms with Crippen molar-refractivity contribution in [3.05, 3.63) is 22.9 Å². The van der Waals surface area contributed by atoms with Gasteiger partial charge in [-0.3, -0.25) is 0 Å². The maximum absolute atomic E-state index is 11.1. The third-order valence-corrected chi connectivity index (χ3v) is 3.60. The second kappa shape index (κ2) is 3.74. The summed E-state index contributed by atoms with van der Waals surface area (Å²) >= 11 is 0. The fourth-order valence-electron chi connectivity index (χ4n) is 1.34. The van der Waals surface area contributed by atoms with Gasteiger partial charge in [0, 0.05) is 18.0 Å². The van der Waals surface area contributed by atoms with Crippen LogP contribution in [0, 0.1) is 6.92 Å². The molecule has 0 saturated carbocycles. The predicted molar refractivity (Wildman–Crippen MR) is 52.6 cm³/mol. The molecule has 1 aromatic rings. The van der Waals surface area contributed by atoms with Crippen LogP contribution < -0.4 is 5.32 Å². The van der Waals surface area contributed by atoms with Crippen molar-refractivity contribution in [1.82, 2.24) is 15.6 Å². The van der Waals surface area contributed by atoms with Gasteiger partial charge in [0.2, 0.25) is 0 Å². The second-order valence-corrected chi connectivity index (χ2v) is 5.37. The van der Waals surface area contributed by atoms with Gasteiger partial charge in [0.05, 0.1) is 5.75 Å². The molecule has 82 valence electrons. The minimum atomic E-state index is -3.00. The molecule has 0 amide bonds. The fourth-order valence-corrected chi connectivity index (χ4v) is 2.61. The first kappa shape index (κ1) is 10.3. The Morgan fingerprint density at radius 1 is 1.60 bits per heavy atom. The fraction of sp³-hybridized carbons (Fsp3) is 0.500. The average molecular weight is 229 g/mol. The van der Waals surface area contributed by atoms with Crippen LogP contribution in [-0.4, -0.2) is 30.5 Å². The van der Waals surface area contributed by atoms with E-state index in [1.54, 1.807) is 13.0 Å². The van der Waals surface area contributed by atoms with Crippen LogP contribution in [0.2, 0.25) is 0 Å². The van der Waals surface area contributed by atoms with Gasteiger partial charge < -0.3 is 5.32 Å². The molecule has 15 heavy (non-hydrogen) atoms. The molecule has 2 heterocycles. The molecule has 0 fully saturated rings. The summed E-state index contributed by atoms with van der Waals surface area (Å²) in [6, 6.07) is -0.147. The van der Waals surface area contributed by atoms with Gasteiger partial charge in [-0.2, -0.15) is 0 Å². The zero-order valence-corrected chi connectivity index (χ0v) is 8.99. The van der Waals surface area contributed by atoms with E-state index in [1.165, 1.54) is 5.41 Å². The third-order valence-electron chi connectivity index (χ3n) is 2.21. The summed E-state index contributed by atoms with van der Waals surface area (Å²) in [5, 5.41) is 11.6. The molecule has 1 unspecified atom stereocenters. The summed E-state index contributed by atoms with van der Waals surface area (Å²) in [6.07, 6.45) is 1.64. The molecule has 1 aliphatic rings. The van der Waals surface area contributed by atoms with Gasteiger partial charge in [-0.15, -0.1) is 0 Å². The van der Waals surface area contributed by atoms with E-state index in [1.807, 2.05) is 0 Å². The molecule has 7 heteroatoms. The van der Waals surface area contributed by atoms with Crippen LogP contribution in [0.5, 0.6) is 0 Å². The summed E-state index contributed by atoms with van der Waals surface area (Å²) in [5.41, 5.74) is 1.42. The lowest BCUT2D eigenvalue weighted by Gasteiger charge is -2.07. The predicted octanol–water partition coefficient (Wildman–Crippen LogP) is -0.222.